The molecule has 2 amide bonds. The van der Waals surface area contributed by atoms with Crippen molar-refractivity contribution in [3.8, 4) is 5.75 Å². The van der Waals surface area contributed by atoms with Crippen LogP contribution in [0.15, 0.2) is 53.4 Å². The van der Waals surface area contributed by atoms with Crippen LogP contribution in [-0.2, 0) is 9.59 Å². The second-order valence-electron chi connectivity index (χ2n) is 6.41. The molecular formula is C21H24N2O3S. The van der Waals surface area contributed by atoms with Crippen molar-refractivity contribution in [2.45, 2.75) is 36.8 Å². The van der Waals surface area contributed by atoms with Crippen molar-refractivity contribution in [3.63, 3.8) is 0 Å². The number of nitrogens with one attached hydrogen (secondary N) is 1. The second kappa shape index (κ2) is 8.95. The molecule has 0 bridgehead atoms. The van der Waals surface area contributed by atoms with Crippen LogP contribution in [0.4, 0.5) is 11.4 Å². The van der Waals surface area contributed by atoms with Crippen LogP contribution in [0.2, 0.25) is 0 Å². The van der Waals surface area contributed by atoms with Crippen molar-refractivity contribution >= 4 is 35.0 Å². The Labute approximate surface area is 164 Å². The molecule has 0 saturated heterocycles. The van der Waals surface area contributed by atoms with Crippen LogP contribution >= 0.6 is 11.8 Å². The maximum absolute atomic E-state index is 12.7. The normalized spacial score (nSPS) is 15.8. The van der Waals surface area contributed by atoms with Crippen molar-refractivity contribution in [3.05, 3.63) is 48.5 Å². The van der Waals surface area contributed by atoms with Gasteiger partial charge in [0.15, 0.2) is 0 Å². The van der Waals surface area contributed by atoms with Crippen molar-refractivity contribution in [2.24, 2.45) is 0 Å². The number of benzene rings is 2. The molecule has 0 spiro atoms. The molecule has 0 aromatic heterocycles. The van der Waals surface area contributed by atoms with Gasteiger partial charge in [-0.2, -0.15) is 0 Å². The maximum Gasteiger partial charge on any atom is 0.227 e. The number of thioether (sulfide) groups is 1. The monoisotopic (exact) mass is 384 g/mol. The second-order valence-corrected chi connectivity index (χ2v) is 7.89. The molecule has 2 aromatic carbocycles. The molecule has 0 unspecified atom stereocenters. The molecule has 0 saturated carbocycles. The first-order valence-electron chi connectivity index (χ1n) is 9.15. The number of fused-ring (bicyclic) bond motifs is 1. The summed E-state index contributed by atoms with van der Waals surface area (Å²) in [7, 11) is 0. The number of hydrogen-bond acceptors (Lipinski definition) is 4. The fraction of sp³-hybridized carbons (Fsp3) is 0.333. The van der Waals surface area contributed by atoms with Gasteiger partial charge in [-0.05, 0) is 43.3 Å². The maximum atomic E-state index is 12.7. The van der Waals surface area contributed by atoms with Crippen LogP contribution < -0.4 is 15.0 Å². The van der Waals surface area contributed by atoms with E-state index in [1.165, 1.54) is 0 Å². The third-order valence-corrected chi connectivity index (χ3v) is 5.39. The van der Waals surface area contributed by atoms with Gasteiger partial charge < -0.3 is 15.0 Å². The van der Waals surface area contributed by atoms with Crippen molar-refractivity contribution in [1.82, 2.24) is 0 Å². The van der Waals surface area contributed by atoms with Crippen LogP contribution in [0, 0.1) is 0 Å². The van der Waals surface area contributed by atoms with E-state index in [0.717, 1.165) is 16.3 Å². The minimum absolute atomic E-state index is 0.0172. The van der Waals surface area contributed by atoms with Crippen molar-refractivity contribution in [1.29, 1.82) is 0 Å². The zero-order chi connectivity index (χ0) is 19.2. The number of amides is 2. The van der Waals surface area contributed by atoms with Gasteiger partial charge in [0, 0.05) is 35.2 Å². The van der Waals surface area contributed by atoms with E-state index in [9.17, 15) is 9.59 Å². The van der Waals surface area contributed by atoms with Gasteiger partial charge >= 0.3 is 0 Å². The Morgan fingerprint density at radius 1 is 1.15 bits per heavy atom. The lowest BCUT2D eigenvalue weighted by atomic mass is 10.2. The van der Waals surface area contributed by atoms with E-state index >= 15 is 0 Å². The lowest BCUT2D eigenvalue weighted by Crippen LogP contribution is -2.38. The van der Waals surface area contributed by atoms with Crippen LogP contribution in [0.5, 0.6) is 5.75 Å². The van der Waals surface area contributed by atoms with Gasteiger partial charge in [-0.25, -0.2) is 0 Å². The summed E-state index contributed by atoms with van der Waals surface area (Å²) >= 11 is 1.78. The summed E-state index contributed by atoms with van der Waals surface area (Å²) in [6.07, 6.45) is 0.348. The third-order valence-electron chi connectivity index (χ3n) is 4.24. The van der Waals surface area contributed by atoms with E-state index in [1.54, 1.807) is 28.8 Å². The zero-order valence-corrected chi connectivity index (χ0v) is 16.4. The number of rotatable bonds is 6. The summed E-state index contributed by atoms with van der Waals surface area (Å²) in [5, 5.41) is 3.16. The lowest BCUT2D eigenvalue weighted by Gasteiger charge is -2.32. The molecule has 0 aliphatic carbocycles. The summed E-state index contributed by atoms with van der Waals surface area (Å²) in [6, 6.07) is 15.1. The molecule has 3 rings (SSSR count). The topological polar surface area (TPSA) is 58.6 Å². The first-order valence-corrected chi connectivity index (χ1v) is 10.0. The lowest BCUT2D eigenvalue weighted by molar-refractivity contribution is -0.122. The van der Waals surface area contributed by atoms with Crippen LogP contribution in [-0.4, -0.2) is 30.2 Å². The van der Waals surface area contributed by atoms with Gasteiger partial charge in [0.1, 0.15) is 5.75 Å². The Kier molecular flexibility index (Phi) is 6.40. The molecular weight excluding hydrogens is 360 g/mol. The molecule has 2 aromatic rings. The molecule has 0 radical (unpaired) electrons. The van der Waals surface area contributed by atoms with Gasteiger partial charge in [0.25, 0.3) is 0 Å². The Bertz CT molecular complexity index is 807. The first-order chi connectivity index (χ1) is 13.1. The number of ether oxygens (including phenoxy) is 1. The number of anilines is 2. The van der Waals surface area contributed by atoms with Crippen LogP contribution in [0.1, 0.15) is 26.7 Å². The highest BCUT2D eigenvalue weighted by Crippen LogP contribution is 2.38. The average molecular weight is 385 g/mol. The van der Waals surface area contributed by atoms with E-state index in [4.69, 9.17) is 4.74 Å². The van der Waals surface area contributed by atoms with E-state index in [2.05, 4.69) is 12.2 Å². The van der Waals surface area contributed by atoms with Crippen molar-refractivity contribution in [2.75, 3.05) is 23.4 Å². The summed E-state index contributed by atoms with van der Waals surface area (Å²) < 4.78 is 5.38. The molecule has 6 heteroatoms. The summed E-state index contributed by atoms with van der Waals surface area (Å²) in [4.78, 5) is 27.8. The highest BCUT2D eigenvalue weighted by molar-refractivity contribution is 8.00. The third kappa shape index (κ3) is 5.04. The van der Waals surface area contributed by atoms with Crippen LogP contribution in [0.3, 0.4) is 0 Å². The Balaban J connectivity index is 1.55. The zero-order valence-electron chi connectivity index (χ0n) is 15.6. The fourth-order valence-corrected chi connectivity index (χ4v) is 4.12. The van der Waals surface area contributed by atoms with Gasteiger partial charge in [-0.3, -0.25) is 9.59 Å². The molecule has 1 aliphatic rings. The number of carbonyl (C=O) groups is 2. The molecule has 27 heavy (non-hydrogen) atoms. The minimum atomic E-state index is -0.166. The van der Waals surface area contributed by atoms with E-state index in [-0.39, 0.29) is 24.7 Å². The number of carbonyl (C=O) groups excluding carboxylic acids is 2. The Hall–Kier alpha value is -2.47. The molecule has 1 aliphatic heterocycles. The molecule has 142 valence electrons. The van der Waals surface area contributed by atoms with Crippen molar-refractivity contribution < 1.29 is 14.3 Å². The average Bonchev–Trinajstić information content (AvgIpc) is 2.67. The van der Waals surface area contributed by atoms with E-state index in [1.807, 2.05) is 43.3 Å². The van der Waals surface area contributed by atoms with Gasteiger partial charge in [-0.15, -0.1) is 11.8 Å². The van der Waals surface area contributed by atoms with Gasteiger partial charge in [-0.1, -0.05) is 19.1 Å². The Morgan fingerprint density at radius 3 is 2.63 bits per heavy atom. The SMILES string of the molecule is CCOc1ccc(NC(=O)CCC(=O)N2C[C@H](C)Sc3ccccc32)cc1. The number of para-hydroxylation sites is 1. The highest BCUT2D eigenvalue weighted by Gasteiger charge is 2.26. The first kappa shape index (κ1) is 19.3. The van der Waals surface area contributed by atoms with Gasteiger partial charge in [0.05, 0.1) is 12.3 Å². The minimum Gasteiger partial charge on any atom is -0.494 e. The highest BCUT2D eigenvalue weighted by atomic mass is 32.2. The fourth-order valence-electron chi connectivity index (χ4n) is 3.01. The predicted octanol–water partition coefficient (Wildman–Crippen LogP) is 4.33. The standard InChI is InChI=1S/C21H24N2O3S/c1-3-26-17-10-8-16(9-11-17)22-20(24)12-13-21(25)23-14-15(2)27-19-7-5-4-6-18(19)23/h4-11,15H,3,12-14H2,1-2H3,(H,22,24)/t15-/m0/s1. The van der Waals surface area contributed by atoms with E-state index < -0.39 is 0 Å². The molecule has 1 heterocycles. The summed E-state index contributed by atoms with van der Waals surface area (Å²) in [5.41, 5.74) is 1.64. The molecule has 5 nitrogen and oxygen atoms in total. The van der Waals surface area contributed by atoms with Crippen LogP contribution in [0.25, 0.3) is 0 Å². The molecule has 0 fully saturated rings. The van der Waals surface area contributed by atoms with Gasteiger partial charge in [0.2, 0.25) is 11.8 Å². The summed E-state index contributed by atoms with van der Waals surface area (Å²) in [5.74, 6) is 0.582. The summed E-state index contributed by atoms with van der Waals surface area (Å²) in [6.45, 7) is 5.30. The number of nitrogens with zero attached hydrogens (tertiary/aromatic N) is 1. The quantitative estimate of drug-likeness (QED) is 0.805. The molecule has 1 N–H and O–H groups in total. The van der Waals surface area contributed by atoms with E-state index in [0.29, 0.717) is 24.1 Å². The number of hydrogen-bond donors (Lipinski definition) is 1. The predicted molar refractivity (Wildman–Crippen MR) is 110 cm³/mol. The molecule has 1 atom stereocenters. The smallest absolute Gasteiger partial charge is 0.227 e. The largest absolute Gasteiger partial charge is 0.494 e. The Morgan fingerprint density at radius 2 is 1.89 bits per heavy atom.